The molecule has 5 nitrogen and oxygen atoms in total. The summed E-state index contributed by atoms with van der Waals surface area (Å²) in [4.78, 5) is 12.0. The zero-order valence-corrected chi connectivity index (χ0v) is 11.2. The van der Waals surface area contributed by atoms with Gasteiger partial charge in [0.05, 0.1) is 12.7 Å². The lowest BCUT2D eigenvalue weighted by molar-refractivity contribution is 0.379. The van der Waals surface area contributed by atoms with Crippen molar-refractivity contribution in [2.45, 2.75) is 13.3 Å². The zero-order valence-electron chi connectivity index (χ0n) is 11.2. The van der Waals surface area contributed by atoms with E-state index in [4.69, 9.17) is 4.74 Å². The predicted octanol–water partition coefficient (Wildman–Crippen LogP) is 2.65. The number of rotatable bonds is 5. The predicted molar refractivity (Wildman–Crippen MR) is 70.5 cm³/mol. The molecule has 1 aromatic heterocycles. The zero-order chi connectivity index (χ0) is 14.5. The van der Waals surface area contributed by atoms with Crippen molar-refractivity contribution in [1.29, 1.82) is 0 Å². The molecule has 0 atom stereocenters. The number of halogens is 2. The molecular formula is C13H14F2N4O. The number of nitrogens with one attached hydrogen (secondary N) is 1. The number of benzene rings is 1. The van der Waals surface area contributed by atoms with Crippen molar-refractivity contribution >= 4 is 5.95 Å². The van der Waals surface area contributed by atoms with Gasteiger partial charge in [0.25, 0.3) is 0 Å². The molecule has 20 heavy (non-hydrogen) atoms. The quantitative estimate of drug-likeness (QED) is 0.912. The summed E-state index contributed by atoms with van der Waals surface area (Å²) in [5.74, 6) is -0.894. The molecule has 0 amide bonds. The molecule has 0 aliphatic heterocycles. The van der Waals surface area contributed by atoms with Crippen LogP contribution in [0.5, 0.6) is 6.01 Å². The van der Waals surface area contributed by atoms with Crippen LogP contribution >= 0.6 is 0 Å². The molecule has 1 N–H and O–H groups in total. The number of anilines is 1. The third-order valence-corrected chi connectivity index (χ3v) is 2.50. The van der Waals surface area contributed by atoms with Crippen molar-refractivity contribution < 1.29 is 13.5 Å². The Labute approximate surface area is 115 Å². The second kappa shape index (κ2) is 6.23. The van der Waals surface area contributed by atoms with Crippen LogP contribution in [0.2, 0.25) is 0 Å². The third kappa shape index (κ3) is 3.17. The van der Waals surface area contributed by atoms with E-state index in [2.05, 4.69) is 20.3 Å². The monoisotopic (exact) mass is 280 g/mol. The van der Waals surface area contributed by atoms with E-state index in [1.54, 1.807) is 0 Å². The molecule has 0 fully saturated rings. The van der Waals surface area contributed by atoms with Gasteiger partial charge in [0, 0.05) is 6.54 Å². The van der Waals surface area contributed by atoms with Gasteiger partial charge in [0.2, 0.25) is 5.95 Å². The topological polar surface area (TPSA) is 59.9 Å². The smallest absolute Gasteiger partial charge is 0.321 e. The molecule has 2 rings (SSSR count). The van der Waals surface area contributed by atoms with Gasteiger partial charge in [-0.15, -0.1) is 0 Å². The maximum atomic E-state index is 13.7. The molecule has 106 valence electrons. The lowest BCUT2D eigenvalue weighted by Gasteiger charge is -2.08. The summed E-state index contributed by atoms with van der Waals surface area (Å²) < 4.78 is 31.9. The molecule has 0 saturated carbocycles. The SMILES string of the molecule is CCCNc1nc(OC)nc(-c2cc(F)ccc2F)n1. The Morgan fingerprint density at radius 3 is 2.70 bits per heavy atom. The van der Waals surface area contributed by atoms with E-state index in [9.17, 15) is 8.78 Å². The molecule has 0 aliphatic rings. The number of methoxy groups -OCH3 is 1. The fourth-order valence-electron chi connectivity index (χ4n) is 1.55. The number of ether oxygens (including phenoxy) is 1. The summed E-state index contributed by atoms with van der Waals surface area (Å²) in [6.07, 6.45) is 0.873. The molecule has 0 unspecified atom stereocenters. The van der Waals surface area contributed by atoms with Crippen LogP contribution in [0.3, 0.4) is 0 Å². The fraction of sp³-hybridized carbons (Fsp3) is 0.308. The highest BCUT2D eigenvalue weighted by Crippen LogP contribution is 2.22. The molecule has 7 heteroatoms. The Morgan fingerprint density at radius 1 is 1.20 bits per heavy atom. The molecule has 2 aromatic rings. The van der Waals surface area contributed by atoms with Crippen LogP contribution in [0.25, 0.3) is 11.4 Å². The minimum Gasteiger partial charge on any atom is -0.467 e. The van der Waals surface area contributed by atoms with Crippen molar-refractivity contribution in [3.8, 4) is 17.4 Å². The van der Waals surface area contributed by atoms with Gasteiger partial charge in [0.1, 0.15) is 11.6 Å². The van der Waals surface area contributed by atoms with Crippen LogP contribution in [-0.2, 0) is 0 Å². The molecule has 0 saturated heterocycles. The molecule has 0 aliphatic carbocycles. The fourth-order valence-corrected chi connectivity index (χ4v) is 1.55. The van der Waals surface area contributed by atoms with Crippen molar-refractivity contribution in [3.05, 3.63) is 29.8 Å². The van der Waals surface area contributed by atoms with Gasteiger partial charge < -0.3 is 10.1 Å². The van der Waals surface area contributed by atoms with E-state index in [-0.39, 0.29) is 23.3 Å². The number of aromatic nitrogens is 3. The molecule has 1 heterocycles. The van der Waals surface area contributed by atoms with Crippen LogP contribution in [0.15, 0.2) is 18.2 Å². The molecule has 0 radical (unpaired) electrons. The standard InChI is InChI=1S/C13H14F2N4O/c1-3-6-16-12-17-11(18-13(19-12)20-2)9-7-8(14)4-5-10(9)15/h4-5,7H,3,6H2,1-2H3,(H,16,17,18,19). The van der Waals surface area contributed by atoms with E-state index in [0.717, 1.165) is 24.6 Å². The second-order valence-electron chi connectivity index (χ2n) is 4.02. The Balaban J connectivity index is 2.46. The van der Waals surface area contributed by atoms with E-state index in [1.165, 1.54) is 7.11 Å². The highest BCUT2D eigenvalue weighted by Gasteiger charge is 2.13. The van der Waals surface area contributed by atoms with Crippen LogP contribution in [-0.4, -0.2) is 28.6 Å². The third-order valence-electron chi connectivity index (χ3n) is 2.50. The highest BCUT2D eigenvalue weighted by atomic mass is 19.1. The Kier molecular flexibility index (Phi) is 4.39. The molecule has 0 bridgehead atoms. The largest absolute Gasteiger partial charge is 0.467 e. The van der Waals surface area contributed by atoms with Crippen LogP contribution in [0.1, 0.15) is 13.3 Å². The summed E-state index contributed by atoms with van der Waals surface area (Å²) in [7, 11) is 1.39. The summed E-state index contributed by atoms with van der Waals surface area (Å²) in [5, 5.41) is 2.95. The normalized spacial score (nSPS) is 10.4. The first-order chi connectivity index (χ1) is 9.63. The first kappa shape index (κ1) is 14.1. The van der Waals surface area contributed by atoms with Crippen molar-refractivity contribution in [1.82, 2.24) is 15.0 Å². The van der Waals surface area contributed by atoms with Crippen molar-refractivity contribution in [2.75, 3.05) is 19.0 Å². The van der Waals surface area contributed by atoms with Gasteiger partial charge in [-0.05, 0) is 24.6 Å². The lowest BCUT2D eigenvalue weighted by atomic mass is 10.2. The Bertz CT molecular complexity index is 607. The summed E-state index contributed by atoms with van der Waals surface area (Å²) in [6, 6.07) is 3.14. The second-order valence-corrected chi connectivity index (χ2v) is 4.02. The van der Waals surface area contributed by atoms with Gasteiger partial charge in [-0.25, -0.2) is 8.78 Å². The first-order valence-corrected chi connectivity index (χ1v) is 6.13. The highest BCUT2D eigenvalue weighted by molar-refractivity contribution is 5.57. The van der Waals surface area contributed by atoms with Crippen molar-refractivity contribution in [3.63, 3.8) is 0 Å². The maximum Gasteiger partial charge on any atom is 0.321 e. The molecule has 0 spiro atoms. The molecular weight excluding hydrogens is 266 g/mol. The minimum atomic E-state index is -0.610. The average molecular weight is 280 g/mol. The Morgan fingerprint density at radius 2 is 2.00 bits per heavy atom. The van der Waals surface area contributed by atoms with Gasteiger partial charge in [0.15, 0.2) is 5.82 Å². The summed E-state index contributed by atoms with van der Waals surface area (Å²) >= 11 is 0. The van der Waals surface area contributed by atoms with E-state index in [1.807, 2.05) is 6.92 Å². The van der Waals surface area contributed by atoms with Crippen LogP contribution in [0, 0.1) is 11.6 Å². The van der Waals surface area contributed by atoms with Gasteiger partial charge in [-0.3, -0.25) is 0 Å². The maximum absolute atomic E-state index is 13.7. The van der Waals surface area contributed by atoms with Gasteiger partial charge in [-0.2, -0.15) is 15.0 Å². The van der Waals surface area contributed by atoms with E-state index >= 15 is 0 Å². The Hall–Kier alpha value is -2.31. The summed E-state index contributed by atoms with van der Waals surface area (Å²) in [6.45, 7) is 2.64. The van der Waals surface area contributed by atoms with Crippen molar-refractivity contribution in [2.24, 2.45) is 0 Å². The van der Waals surface area contributed by atoms with Gasteiger partial charge >= 0.3 is 6.01 Å². The minimum absolute atomic E-state index is 0.0208. The van der Waals surface area contributed by atoms with Crippen LogP contribution in [0.4, 0.5) is 14.7 Å². The van der Waals surface area contributed by atoms with Gasteiger partial charge in [-0.1, -0.05) is 6.92 Å². The van der Waals surface area contributed by atoms with E-state index in [0.29, 0.717) is 6.54 Å². The average Bonchev–Trinajstić information content (AvgIpc) is 2.47. The first-order valence-electron chi connectivity index (χ1n) is 6.13. The summed E-state index contributed by atoms with van der Waals surface area (Å²) in [5.41, 5.74) is -0.0368. The lowest BCUT2D eigenvalue weighted by Crippen LogP contribution is -2.08. The number of hydrogen-bond acceptors (Lipinski definition) is 5. The van der Waals surface area contributed by atoms with E-state index < -0.39 is 11.6 Å². The number of hydrogen-bond donors (Lipinski definition) is 1. The number of nitrogens with zero attached hydrogens (tertiary/aromatic N) is 3. The van der Waals surface area contributed by atoms with Crippen LogP contribution < -0.4 is 10.1 Å². The molecule has 1 aromatic carbocycles.